The summed E-state index contributed by atoms with van der Waals surface area (Å²) in [6, 6.07) is 2.60. The molecule has 0 unspecified atom stereocenters. The van der Waals surface area contributed by atoms with Crippen LogP contribution in [0.4, 0.5) is 0 Å². The van der Waals surface area contributed by atoms with Crippen LogP contribution in [0, 0.1) is 0 Å². The molecule has 2 rings (SSSR count). The van der Waals surface area contributed by atoms with Crippen LogP contribution in [0.1, 0.15) is 39.0 Å². The Bertz CT molecular complexity index is 425. The molecule has 4 heteroatoms. The van der Waals surface area contributed by atoms with Crippen LogP contribution in [0.5, 0.6) is 0 Å². The summed E-state index contributed by atoms with van der Waals surface area (Å²) in [6.45, 7) is 14.1. The molecule has 114 valence electrons. The van der Waals surface area contributed by atoms with Crippen LogP contribution < -0.4 is 5.32 Å². The Hall–Kier alpha value is -0.840. The molecule has 2 heterocycles. The SMILES string of the molecule is CC(C)NCc1occc1CN1CCN(C)C(C)(C)C1. The fourth-order valence-corrected chi connectivity index (χ4v) is 2.68. The van der Waals surface area contributed by atoms with Gasteiger partial charge in [0.25, 0.3) is 0 Å². The lowest BCUT2D eigenvalue weighted by Gasteiger charge is -2.45. The summed E-state index contributed by atoms with van der Waals surface area (Å²) in [6.07, 6.45) is 1.81. The van der Waals surface area contributed by atoms with Gasteiger partial charge in [-0.1, -0.05) is 13.8 Å². The molecule has 0 atom stereocenters. The number of nitrogens with zero attached hydrogens (tertiary/aromatic N) is 2. The summed E-state index contributed by atoms with van der Waals surface area (Å²) in [5, 5.41) is 3.43. The minimum absolute atomic E-state index is 0.248. The molecule has 0 aromatic carbocycles. The van der Waals surface area contributed by atoms with Gasteiger partial charge in [-0.2, -0.15) is 0 Å². The van der Waals surface area contributed by atoms with Gasteiger partial charge in [0.1, 0.15) is 5.76 Å². The summed E-state index contributed by atoms with van der Waals surface area (Å²) in [7, 11) is 2.22. The zero-order chi connectivity index (χ0) is 14.8. The monoisotopic (exact) mass is 279 g/mol. The van der Waals surface area contributed by atoms with E-state index in [1.165, 1.54) is 5.56 Å². The third-order valence-electron chi connectivity index (χ3n) is 4.30. The van der Waals surface area contributed by atoms with Crippen molar-refractivity contribution >= 4 is 0 Å². The van der Waals surface area contributed by atoms with E-state index in [4.69, 9.17) is 4.42 Å². The predicted molar refractivity (Wildman–Crippen MR) is 82.7 cm³/mol. The average Bonchev–Trinajstić information content (AvgIpc) is 2.78. The van der Waals surface area contributed by atoms with Gasteiger partial charge in [0.15, 0.2) is 0 Å². The smallest absolute Gasteiger partial charge is 0.122 e. The van der Waals surface area contributed by atoms with Gasteiger partial charge >= 0.3 is 0 Å². The van der Waals surface area contributed by atoms with E-state index < -0.39 is 0 Å². The fraction of sp³-hybridized carbons (Fsp3) is 0.750. The molecule has 1 aromatic rings. The van der Waals surface area contributed by atoms with Crippen molar-refractivity contribution in [2.45, 2.75) is 52.4 Å². The van der Waals surface area contributed by atoms with Crippen LogP contribution in [0.3, 0.4) is 0 Å². The van der Waals surface area contributed by atoms with Crippen molar-refractivity contribution in [2.75, 3.05) is 26.7 Å². The number of likely N-dealkylation sites (N-methyl/N-ethyl adjacent to an activating group) is 1. The average molecular weight is 279 g/mol. The van der Waals surface area contributed by atoms with Gasteiger partial charge in [-0.25, -0.2) is 0 Å². The molecule has 0 spiro atoms. The Balaban J connectivity index is 1.95. The van der Waals surface area contributed by atoms with Crippen LogP contribution >= 0.6 is 0 Å². The zero-order valence-electron chi connectivity index (χ0n) is 13.6. The number of rotatable bonds is 5. The Kier molecular flexibility index (Phi) is 4.89. The van der Waals surface area contributed by atoms with Crippen LogP contribution in [-0.4, -0.2) is 48.1 Å². The largest absolute Gasteiger partial charge is 0.468 e. The van der Waals surface area contributed by atoms with Crippen molar-refractivity contribution < 1.29 is 4.42 Å². The molecule has 0 radical (unpaired) electrons. The number of nitrogens with one attached hydrogen (secondary N) is 1. The molecule has 0 aliphatic carbocycles. The highest BCUT2D eigenvalue weighted by Gasteiger charge is 2.31. The maximum absolute atomic E-state index is 5.63. The van der Waals surface area contributed by atoms with Crippen LogP contribution in [-0.2, 0) is 13.1 Å². The standard InChI is InChI=1S/C16H29N3O/c1-13(2)17-10-15-14(6-9-20-15)11-19-8-7-18(5)16(3,4)12-19/h6,9,13,17H,7-8,10-12H2,1-5H3. The second kappa shape index (κ2) is 6.29. The van der Waals surface area contributed by atoms with Crippen LogP contribution in [0.25, 0.3) is 0 Å². The first-order valence-electron chi connectivity index (χ1n) is 7.61. The normalized spacial score (nSPS) is 20.7. The lowest BCUT2D eigenvalue weighted by molar-refractivity contribution is 0.0357. The lowest BCUT2D eigenvalue weighted by Crippen LogP contribution is -2.57. The molecule has 0 bridgehead atoms. The zero-order valence-corrected chi connectivity index (χ0v) is 13.6. The molecular weight excluding hydrogens is 250 g/mol. The van der Waals surface area contributed by atoms with E-state index in [-0.39, 0.29) is 5.54 Å². The maximum atomic E-state index is 5.63. The van der Waals surface area contributed by atoms with Crippen molar-refractivity contribution in [3.8, 4) is 0 Å². The van der Waals surface area contributed by atoms with Gasteiger partial charge in [0.05, 0.1) is 12.8 Å². The van der Waals surface area contributed by atoms with Gasteiger partial charge < -0.3 is 9.73 Å². The molecule has 1 N–H and O–H groups in total. The summed E-state index contributed by atoms with van der Waals surface area (Å²) in [5.74, 6) is 1.08. The second-order valence-electron chi connectivity index (χ2n) is 6.85. The summed E-state index contributed by atoms with van der Waals surface area (Å²) in [4.78, 5) is 4.98. The molecule has 1 aromatic heterocycles. The maximum Gasteiger partial charge on any atom is 0.122 e. The molecule has 1 saturated heterocycles. The van der Waals surface area contributed by atoms with Gasteiger partial charge in [0, 0.05) is 43.3 Å². The van der Waals surface area contributed by atoms with E-state index in [1.807, 2.05) is 6.26 Å². The first-order valence-corrected chi connectivity index (χ1v) is 7.61. The number of piperazine rings is 1. The molecule has 1 aliphatic rings. The molecule has 4 nitrogen and oxygen atoms in total. The third kappa shape index (κ3) is 3.84. The van der Waals surface area contributed by atoms with Gasteiger partial charge in [0.2, 0.25) is 0 Å². The van der Waals surface area contributed by atoms with Crippen LogP contribution in [0.2, 0.25) is 0 Å². The van der Waals surface area contributed by atoms with E-state index in [1.54, 1.807) is 0 Å². The second-order valence-corrected chi connectivity index (χ2v) is 6.85. The molecule has 0 amide bonds. The molecule has 20 heavy (non-hydrogen) atoms. The minimum atomic E-state index is 0.248. The van der Waals surface area contributed by atoms with Crippen molar-refractivity contribution in [1.82, 2.24) is 15.1 Å². The van der Waals surface area contributed by atoms with Crippen molar-refractivity contribution in [2.24, 2.45) is 0 Å². The topological polar surface area (TPSA) is 31.7 Å². The number of hydrogen-bond donors (Lipinski definition) is 1. The van der Waals surface area contributed by atoms with Gasteiger partial charge in [-0.15, -0.1) is 0 Å². The lowest BCUT2D eigenvalue weighted by atomic mass is 9.99. The highest BCUT2D eigenvalue weighted by molar-refractivity contribution is 5.17. The first-order chi connectivity index (χ1) is 9.38. The van der Waals surface area contributed by atoms with Crippen molar-refractivity contribution in [1.29, 1.82) is 0 Å². The van der Waals surface area contributed by atoms with Gasteiger partial charge in [-0.3, -0.25) is 9.80 Å². The molecular formula is C16H29N3O. The van der Waals surface area contributed by atoms with E-state index in [0.717, 1.165) is 38.5 Å². The highest BCUT2D eigenvalue weighted by Crippen LogP contribution is 2.22. The van der Waals surface area contributed by atoms with Crippen molar-refractivity contribution in [3.63, 3.8) is 0 Å². The molecule has 1 aliphatic heterocycles. The third-order valence-corrected chi connectivity index (χ3v) is 4.30. The van der Waals surface area contributed by atoms with E-state index in [9.17, 15) is 0 Å². The summed E-state index contributed by atoms with van der Waals surface area (Å²) in [5.41, 5.74) is 1.57. The highest BCUT2D eigenvalue weighted by atomic mass is 16.3. The molecule has 1 fully saturated rings. The molecule has 0 saturated carbocycles. The number of furan rings is 1. The van der Waals surface area contributed by atoms with E-state index >= 15 is 0 Å². The summed E-state index contributed by atoms with van der Waals surface area (Å²) >= 11 is 0. The number of hydrogen-bond acceptors (Lipinski definition) is 4. The van der Waals surface area contributed by atoms with Gasteiger partial charge in [-0.05, 0) is 27.0 Å². The minimum Gasteiger partial charge on any atom is -0.468 e. The Morgan fingerprint density at radius 1 is 1.35 bits per heavy atom. The Labute approximate surface area is 123 Å². The van der Waals surface area contributed by atoms with Crippen LogP contribution in [0.15, 0.2) is 16.7 Å². The fourth-order valence-electron chi connectivity index (χ4n) is 2.68. The first kappa shape index (κ1) is 15.5. The van der Waals surface area contributed by atoms with E-state index in [0.29, 0.717) is 6.04 Å². The van der Waals surface area contributed by atoms with E-state index in [2.05, 4.69) is 55.9 Å². The quantitative estimate of drug-likeness (QED) is 0.896. The van der Waals surface area contributed by atoms with Crippen molar-refractivity contribution in [3.05, 3.63) is 23.7 Å². The Morgan fingerprint density at radius 2 is 2.10 bits per heavy atom. The summed E-state index contributed by atoms with van der Waals surface area (Å²) < 4.78 is 5.63. The predicted octanol–water partition coefficient (Wildman–Crippen LogP) is 2.30. The Morgan fingerprint density at radius 3 is 2.75 bits per heavy atom.